The normalized spacial score (nSPS) is 10.6. The lowest BCUT2D eigenvalue weighted by Gasteiger charge is -2.21. The Bertz CT molecular complexity index is 756. The van der Waals surface area contributed by atoms with Gasteiger partial charge in [0, 0.05) is 33.6 Å². The molecule has 0 unspecified atom stereocenters. The Labute approximate surface area is 144 Å². The largest absolute Gasteiger partial charge is 0.496 e. The summed E-state index contributed by atoms with van der Waals surface area (Å²) < 4.78 is 11.2. The SMILES string of the molecule is C=C(c1cc(C)c(N)c(C)c1OC)c1cc(C)c(N)c(C)c1OC. The number of hydrogen-bond acceptors (Lipinski definition) is 4. The highest BCUT2D eigenvalue weighted by Crippen LogP contribution is 2.42. The van der Waals surface area contributed by atoms with Gasteiger partial charge < -0.3 is 20.9 Å². The predicted molar refractivity (Wildman–Crippen MR) is 102 cm³/mol. The number of anilines is 2. The Morgan fingerprint density at radius 3 is 1.42 bits per heavy atom. The Morgan fingerprint density at radius 1 is 0.792 bits per heavy atom. The van der Waals surface area contributed by atoms with E-state index in [1.165, 1.54) is 0 Å². The fourth-order valence-electron chi connectivity index (χ4n) is 3.08. The van der Waals surface area contributed by atoms with E-state index in [9.17, 15) is 0 Å². The van der Waals surface area contributed by atoms with Crippen LogP contribution in [-0.4, -0.2) is 14.2 Å². The van der Waals surface area contributed by atoms with Crippen molar-refractivity contribution < 1.29 is 9.47 Å². The van der Waals surface area contributed by atoms with Crippen molar-refractivity contribution in [2.45, 2.75) is 27.7 Å². The van der Waals surface area contributed by atoms with Crippen LogP contribution in [0.15, 0.2) is 18.7 Å². The molecule has 0 heterocycles. The van der Waals surface area contributed by atoms with Gasteiger partial charge in [-0.3, -0.25) is 0 Å². The molecule has 0 saturated carbocycles. The summed E-state index contributed by atoms with van der Waals surface area (Å²) in [6.45, 7) is 12.2. The van der Waals surface area contributed by atoms with E-state index in [1.54, 1.807) is 14.2 Å². The molecule has 0 radical (unpaired) electrons. The monoisotopic (exact) mass is 326 g/mol. The van der Waals surface area contributed by atoms with Gasteiger partial charge in [0.25, 0.3) is 0 Å². The summed E-state index contributed by atoms with van der Waals surface area (Å²) in [5, 5.41) is 0. The van der Waals surface area contributed by atoms with Gasteiger partial charge in [0.1, 0.15) is 11.5 Å². The lowest BCUT2D eigenvalue weighted by Crippen LogP contribution is -2.04. The van der Waals surface area contributed by atoms with Crippen LogP contribution in [-0.2, 0) is 0 Å². The van der Waals surface area contributed by atoms with Crippen LogP contribution in [0.25, 0.3) is 5.57 Å². The van der Waals surface area contributed by atoms with Crippen molar-refractivity contribution in [2.24, 2.45) is 0 Å². The smallest absolute Gasteiger partial charge is 0.131 e. The van der Waals surface area contributed by atoms with Crippen LogP contribution in [0.4, 0.5) is 11.4 Å². The summed E-state index contributed by atoms with van der Waals surface area (Å²) in [4.78, 5) is 0. The number of rotatable bonds is 4. The second-order valence-corrected chi connectivity index (χ2v) is 6.10. The van der Waals surface area contributed by atoms with Crippen LogP contribution in [0, 0.1) is 27.7 Å². The summed E-state index contributed by atoms with van der Waals surface area (Å²) in [5.41, 5.74) is 20.2. The van der Waals surface area contributed by atoms with Gasteiger partial charge in [0.05, 0.1) is 14.2 Å². The van der Waals surface area contributed by atoms with E-state index < -0.39 is 0 Å². The fourth-order valence-corrected chi connectivity index (χ4v) is 3.08. The van der Waals surface area contributed by atoms with Crippen LogP contribution < -0.4 is 20.9 Å². The zero-order chi connectivity index (χ0) is 18.2. The molecule has 0 aliphatic rings. The summed E-state index contributed by atoms with van der Waals surface area (Å²) >= 11 is 0. The minimum Gasteiger partial charge on any atom is -0.496 e. The molecule has 0 aliphatic heterocycles. The highest BCUT2D eigenvalue weighted by atomic mass is 16.5. The third-order valence-corrected chi connectivity index (χ3v) is 4.61. The molecule has 0 bridgehead atoms. The van der Waals surface area contributed by atoms with Crippen LogP contribution in [0.3, 0.4) is 0 Å². The summed E-state index contributed by atoms with van der Waals surface area (Å²) in [5.74, 6) is 1.47. The van der Waals surface area contributed by atoms with Crippen molar-refractivity contribution in [3.05, 3.63) is 52.1 Å². The zero-order valence-electron chi connectivity index (χ0n) is 15.3. The topological polar surface area (TPSA) is 70.5 Å². The molecule has 2 rings (SSSR count). The molecule has 24 heavy (non-hydrogen) atoms. The van der Waals surface area contributed by atoms with Crippen LogP contribution in [0.1, 0.15) is 33.4 Å². The van der Waals surface area contributed by atoms with Gasteiger partial charge in [0.15, 0.2) is 0 Å². The molecular weight excluding hydrogens is 300 g/mol. The molecule has 0 fully saturated rings. The van der Waals surface area contributed by atoms with Crippen molar-refractivity contribution in [1.29, 1.82) is 0 Å². The summed E-state index contributed by atoms with van der Waals surface area (Å²) in [6, 6.07) is 4.01. The Kier molecular flexibility index (Phi) is 4.78. The minimum absolute atomic E-state index is 0.734. The number of hydrogen-bond donors (Lipinski definition) is 2. The summed E-state index contributed by atoms with van der Waals surface area (Å²) in [7, 11) is 3.29. The van der Waals surface area contributed by atoms with Crippen LogP contribution >= 0.6 is 0 Å². The van der Waals surface area contributed by atoms with Crippen molar-refractivity contribution in [3.63, 3.8) is 0 Å². The number of nitrogen functional groups attached to an aromatic ring is 2. The molecule has 4 heteroatoms. The average Bonchev–Trinajstić information content (AvgIpc) is 2.56. The molecular formula is C20H26N2O2. The first-order chi connectivity index (χ1) is 11.2. The van der Waals surface area contributed by atoms with E-state index in [4.69, 9.17) is 20.9 Å². The lowest BCUT2D eigenvalue weighted by molar-refractivity contribution is 0.408. The van der Waals surface area contributed by atoms with E-state index in [-0.39, 0.29) is 0 Å². The van der Waals surface area contributed by atoms with Gasteiger partial charge in [-0.05, 0) is 56.5 Å². The van der Waals surface area contributed by atoms with E-state index in [0.717, 1.165) is 61.8 Å². The molecule has 4 N–H and O–H groups in total. The van der Waals surface area contributed by atoms with Gasteiger partial charge in [-0.15, -0.1) is 0 Å². The molecule has 0 amide bonds. The highest BCUT2D eigenvalue weighted by Gasteiger charge is 2.20. The number of nitrogens with two attached hydrogens (primary N) is 2. The first-order valence-corrected chi connectivity index (χ1v) is 7.81. The van der Waals surface area contributed by atoms with Crippen molar-refractivity contribution >= 4 is 16.9 Å². The third-order valence-electron chi connectivity index (χ3n) is 4.61. The molecule has 0 aliphatic carbocycles. The molecule has 0 aromatic heterocycles. The van der Waals surface area contributed by atoms with E-state index >= 15 is 0 Å². The van der Waals surface area contributed by atoms with Crippen molar-refractivity contribution in [2.75, 3.05) is 25.7 Å². The maximum atomic E-state index is 6.14. The Morgan fingerprint density at radius 2 is 1.12 bits per heavy atom. The van der Waals surface area contributed by atoms with Crippen LogP contribution in [0.2, 0.25) is 0 Å². The van der Waals surface area contributed by atoms with Crippen molar-refractivity contribution in [3.8, 4) is 11.5 Å². The first-order valence-electron chi connectivity index (χ1n) is 7.81. The maximum Gasteiger partial charge on any atom is 0.131 e. The molecule has 2 aromatic carbocycles. The van der Waals surface area contributed by atoms with E-state index in [0.29, 0.717) is 0 Å². The third kappa shape index (κ3) is 2.68. The molecule has 0 atom stereocenters. The first kappa shape index (κ1) is 17.7. The van der Waals surface area contributed by atoms with Crippen LogP contribution in [0.5, 0.6) is 11.5 Å². The fraction of sp³-hybridized carbons (Fsp3) is 0.300. The average molecular weight is 326 g/mol. The lowest BCUT2D eigenvalue weighted by atomic mass is 9.91. The van der Waals surface area contributed by atoms with Crippen molar-refractivity contribution in [1.82, 2.24) is 0 Å². The number of methoxy groups -OCH3 is 2. The quantitative estimate of drug-likeness (QED) is 0.828. The van der Waals surface area contributed by atoms with Gasteiger partial charge in [-0.25, -0.2) is 0 Å². The highest BCUT2D eigenvalue weighted by molar-refractivity contribution is 5.88. The van der Waals surface area contributed by atoms with E-state index in [1.807, 2.05) is 39.8 Å². The van der Waals surface area contributed by atoms with Gasteiger partial charge in [-0.2, -0.15) is 0 Å². The Balaban J connectivity index is 2.75. The van der Waals surface area contributed by atoms with E-state index in [2.05, 4.69) is 6.58 Å². The molecule has 0 saturated heterocycles. The zero-order valence-corrected chi connectivity index (χ0v) is 15.3. The van der Waals surface area contributed by atoms with Gasteiger partial charge >= 0.3 is 0 Å². The number of benzene rings is 2. The summed E-state index contributed by atoms with van der Waals surface area (Å²) in [6.07, 6.45) is 0. The predicted octanol–water partition coefficient (Wildman–Crippen LogP) is 4.16. The standard InChI is InChI=1S/C20H26N2O2/c1-10-8-15(19(23-6)13(4)17(10)21)12(3)16-9-11(2)18(22)14(5)20(16)24-7/h8-9H,3,21-22H2,1-2,4-7H3. The van der Waals surface area contributed by atoms with Gasteiger partial charge in [0.2, 0.25) is 0 Å². The Hall–Kier alpha value is -2.62. The number of aryl methyl sites for hydroxylation is 2. The van der Waals surface area contributed by atoms with Gasteiger partial charge in [-0.1, -0.05) is 6.58 Å². The second kappa shape index (κ2) is 6.48. The molecule has 0 spiro atoms. The molecule has 2 aromatic rings. The molecule has 128 valence electrons. The minimum atomic E-state index is 0.734. The molecule has 4 nitrogen and oxygen atoms in total. The maximum absolute atomic E-state index is 6.14. The number of ether oxygens (including phenoxy) is 2. The second-order valence-electron chi connectivity index (χ2n) is 6.10.